The Labute approximate surface area is 75.9 Å². The van der Waals surface area contributed by atoms with Crippen LogP contribution in [0, 0.1) is 0 Å². The van der Waals surface area contributed by atoms with Gasteiger partial charge in [-0.2, -0.15) is 0 Å². The van der Waals surface area contributed by atoms with Crippen molar-refractivity contribution >= 4 is 11.9 Å². The molecule has 0 bridgehead atoms. The quantitative estimate of drug-likeness (QED) is 0.408. The first-order valence-corrected chi connectivity index (χ1v) is 3.77. The molecule has 0 spiro atoms. The molecule has 0 aliphatic rings. The van der Waals surface area contributed by atoms with Gasteiger partial charge in [0.05, 0.1) is 6.54 Å². The lowest BCUT2D eigenvalue weighted by molar-refractivity contribution is -0.156. The summed E-state index contributed by atoms with van der Waals surface area (Å²) in [6, 6.07) is 0. The van der Waals surface area contributed by atoms with Crippen LogP contribution in [-0.2, 0) is 9.59 Å². The standard InChI is InChI=1S/C7H14N2O4/c1-7(13,6(11)12)4-9-3-5(10)8-2/h9,13H,3-4H2,1-2H3,(H,8,10)(H,11,12). The van der Waals surface area contributed by atoms with Crippen LogP contribution in [-0.4, -0.2) is 47.8 Å². The summed E-state index contributed by atoms with van der Waals surface area (Å²) in [5, 5.41) is 22.5. The molecule has 0 aromatic heterocycles. The Balaban J connectivity index is 3.76. The molecule has 0 aromatic carbocycles. The molecule has 0 aliphatic heterocycles. The van der Waals surface area contributed by atoms with Crippen molar-refractivity contribution in [3.63, 3.8) is 0 Å². The van der Waals surface area contributed by atoms with Crippen LogP contribution in [0.1, 0.15) is 6.92 Å². The van der Waals surface area contributed by atoms with Gasteiger partial charge in [0.1, 0.15) is 0 Å². The third-order valence-electron chi connectivity index (χ3n) is 1.49. The minimum atomic E-state index is -1.84. The second kappa shape index (κ2) is 4.78. The fraction of sp³-hybridized carbons (Fsp3) is 0.714. The fourth-order valence-corrected chi connectivity index (χ4v) is 0.583. The van der Waals surface area contributed by atoms with Crippen LogP contribution in [0.25, 0.3) is 0 Å². The Morgan fingerprint density at radius 3 is 2.38 bits per heavy atom. The summed E-state index contributed by atoms with van der Waals surface area (Å²) in [5.41, 5.74) is -1.84. The highest BCUT2D eigenvalue weighted by Crippen LogP contribution is 1.99. The highest BCUT2D eigenvalue weighted by Gasteiger charge is 2.29. The van der Waals surface area contributed by atoms with Crippen LogP contribution in [0.5, 0.6) is 0 Å². The Morgan fingerprint density at radius 1 is 1.46 bits per heavy atom. The molecular weight excluding hydrogens is 176 g/mol. The summed E-state index contributed by atoms with van der Waals surface area (Å²) in [4.78, 5) is 21.0. The third-order valence-corrected chi connectivity index (χ3v) is 1.49. The minimum absolute atomic E-state index is 0.0140. The van der Waals surface area contributed by atoms with Gasteiger partial charge in [-0.3, -0.25) is 4.79 Å². The van der Waals surface area contributed by atoms with E-state index in [2.05, 4.69) is 10.6 Å². The van der Waals surface area contributed by atoms with E-state index >= 15 is 0 Å². The van der Waals surface area contributed by atoms with Gasteiger partial charge in [0.25, 0.3) is 0 Å². The van der Waals surface area contributed by atoms with E-state index in [4.69, 9.17) is 5.11 Å². The first kappa shape index (κ1) is 11.9. The number of aliphatic carboxylic acids is 1. The molecule has 76 valence electrons. The lowest BCUT2D eigenvalue weighted by Gasteiger charge is -2.17. The number of nitrogens with one attached hydrogen (secondary N) is 2. The van der Waals surface area contributed by atoms with Crippen LogP contribution < -0.4 is 10.6 Å². The molecule has 1 unspecified atom stereocenters. The number of rotatable bonds is 5. The predicted octanol–water partition coefficient (Wildman–Crippen LogP) is -1.84. The number of hydrogen-bond acceptors (Lipinski definition) is 4. The van der Waals surface area contributed by atoms with Gasteiger partial charge in [0, 0.05) is 13.6 Å². The fourth-order valence-electron chi connectivity index (χ4n) is 0.583. The average molecular weight is 190 g/mol. The first-order chi connectivity index (χ1) is 5.90. The minimum Gasteiger partial charge on any atom is -0.479 e. The molecule has 6 heteroatoms. The molecule has 0 radical (unpaired) electrons. The second-order valence-electron chi connectivity index (χ2n) is 2.86. The topological polar surface area (TPSA) is 98.7 Å². The third kappa shape index (κ3) is 4.44. The molecule has 13 heavy (non-hydrogen) atoms. The zero-order valence-electron chi connectivity index (χ0n) is 7.63. The Bertz CT molecular complexity index is 203. The monoisotopic (exact) mass is 190 g/mol. The molecule has 6 nitrogen and oxygen atoms in total. The lowest BCUT2D eigenvalue weighted by atomic mass is 10.1. The van der Waals surface area contributed by atoms with Crippen molar-refractivity contribution in [1.29, 1.82) is 0 Å². The van der Waals surface area contributed by atoms with Crippen molar-refractivity contribution < 1.29 is 19.8 Å². The predicted molar refractivity (Wildman–Crippen MR) is 45.2 cm³/mol. The second-order valence-corrected chi connectivity index (χ2v) is 2.86. The Hall–Kier alpha value is -1.14. The molecule has 1 atom stereocenters. The number of carbonyl (C=O) groups excluding carboxylic acids is 1. The summed E-state index contributed by atoms with van der Waals surface area (Å²) in [7, 11) is 1.47. The zero-order chi connectivity index (χ0) is 10.5. The lowest BCUT2D eigenvalue weighted by Crippen LogP contribution is -2.46. The highest BCUT2D eigenvalue weighted by atomic mass is 16.4. The Kier molecular flexibility index (Phi) is 4.36. The van der Waals surface area contributed by atoms with Crippen molar-refractivity contribution in [3.05, 3.63) is 0 Å². The number of carboxylic acids is 1. The molecule has 0 heterocycles. The van der Waals surface area contributed by atoms with E-state index in [0.717, 1.165) is 6.92 Å². The number of carbonyl (C=O) groups is 2. The summed E-state index contributed by atoms with van der Waals surface area (Å²) >= 11 is 0. The van der Waals surface area contributed by atoms with E-state index in [1.165, 1.54) is 7.05 Å². The van der Waals surface area contributed by atoms with Gasteiger partial charge in [-0.1, -0.05) is 0 Å². The summed E-state index contributed by atoms with van der Waals surface area (Å²) in [5.74, 6) is -1.59. The molecule has 0 fully saturated rings. The largest absolute Gasteiger partial charge is 0.479 e. The first-order valence-electron chi connectivity index (χ1n) is 3.77. The molecule has 1 amide bonds. The molecule has 4 N–H and O–H groups in total. The summed E-state index contributed by atoms with van der Waals surface area (Å²) in [6.45, 7) is 0.974. The van der Waals surface area contributed by atoms with Gasteiger partial charge in [-0.15, -0.1) is 0 Å². The molecular formula is C7H14N2O4. The van der Waals surface area contributed by atoms with Crippen LogP contribution >= 0.6 is 0 Å². The van der Waals surface area contributed by atoms with Gasteiger partial charge in [0.15, 0.2) is 5.60 Å². The number of aliphatic hydroxyl groups is 1. The van der Waals surface area contributed by atoms with Crippen LogP contribution in [0.15, 0.2) is 0 Å². The normalized spacial score (nSPS) is 14.7. The number of carboxylic acid groups (broad SMARTS) is 1. The van der Waals surface area contributed by atoms with Crippen molar-refractivity contribution in [2.45, 2.75) is 12.5 Å². The van der Waals surface area contributed by atoms with Gasteiger partial charge in [-0.05, 0) is 6.92 Å². The van der Waals surface area contributed by atoms with E-state index < -0.39 is 11.6 Å². The molecule has 0 saturated heterocycles. The molecule has 0 aromatic rings. The van der Waals surface area contributed by atoms with Crippen molar-refractivity contribution in [2.75, 3.05) is 20.1 Å². The number of amides is 1. The van der Waals surface area contributed by atoms with E-state index in [9.17, 15) is 14.7 Å². The summed E-state index contributed by atoms with van der Waals surface area (Å²) < 4.78 is 0. The SMILES string of the molecule is CNC(=O)CNCC(C)(O)C(=O)O. The van der Waals surface area contributed by atoms with E-state index in [1.54, 1.807) is 0 Å². The Morgan fingerprint density at radius 2 is 2.00 bits per heavy atom. The maximum atomic E-state index is 10.7. The van der Waals surface area contributed by atoms with Crippen LogP contribution in [0.2, 0.25) is 0 Å². The van der Waals surface area contributed by atoms with E-state index in [0.29, 0.717) is 0 Å². The molecule has 0 aliphatic carbocycles. The maximum Gasteiger partial charge on any atom is 0.336 e. The van der Waals surface area contributed by atoms with Crippen molar-refractivity contribution in [3.8, 4) is 0 Å². The van der Waals surface area contributed by atoms with Gasteiger partial charge in [-0.25, -0.2) is 4.79 Å². The van der Waals surface area contributed by atoms with E-state index in [-0.39, 0.29) is 19.0 Å². The zero-order valence-corrected chi connectivity index (χ0v) is 7.63. The van der Waals surface area contributed by atoms with E-state index in [1.807, 2.05) is 0 Å². The summed E-state index contributed by atoms with van der Waals surface area (Å²) in [6.07, 6.45) is 0. The molecule has 0 saturated carbocycles. The van der Waals surface area contributed by atoms with Crippen LogP contribution in [0.3, 0.4) is 0 Å². The smallest absolute Gasteiger partial charge is 0.336 e. The van der Waals surface area contributed by atoms with Gasteiger partial charge < -0.3 is 20.8 Å². The van der Waals surface area contributed by atoms with Crippen molar-refractivity contribution in [1.82, 2.24) is 10.6 Å². The van der Waals surface area contributed by atoms with Crippen molar-refractivity contribution in [2.24, 2.45) is 0 Å². The number of hydrogen-bond donors (Lipinski definition) is 4. The van der Waals surface area contributed by atoms with Gasteiger partial charge in [0.2, 0.25) is 5.91 Å². The maximum absolute atomic E-state index is 10.7. The van der Waals surface area contributed by atoms with Crippen LogP contribution in [0.4, 0.5) is 0 Å². The molecule has 0 rings (SSSR count). The average Bonchev–Trinajstić information content (AvgIpc) is 2.03. The highest BCUT2D eigenvalue weighted by molar-refractivity contribution is 5.78. The van der Waals surface area contributed by atoms with Gasteiger partial charge >= 0.3 is 5.97 Å². The number of likely N-dealkylation sites (N-methyl/N-ethyl adjacent to an activating group) is 1.